The van der Waals surface area contributed by atoms with E-state index in [4.69, 9.17) is 5.41 Å². The smallest absolute Gasteiger partial charge is 0.0708 e. The van der Waals surface area contributed by atoms with E-state index in [9.17, 15) is 0 Å². The van der Waals surface area contributed by atoms with Crippen LogP contribution in [0.5, 0.6) is 0 Å². The molecule has 0 amide bonds. The van der Waals surface area contributed by atoms with Crippen LogP contribution in [0.4, 0.5) is 0 Å². The Morgan fingerprint density at radius 3 is 2.86 bits per heavy atom. The molecule has 76 valence electrons. The highest BCUT2D eigenvalue weighted by molar-refractivity contribution is 8.04. The standard InChI is InChI=1S/C11H16N2S/c1-3-4-7-14-11-8-9(12)5-6-10(11)13-2/h5-6,8,12H,3-4,7H2,1-2H3. The Bertz CT molecular complexity index is 300. The summed E-state index contributed by atoms with van der Waals surface area (Å²) in [5.41, 5.74) is 1.57. The van der Waals surface area contributed by atoms with E-state index in [1.54, 1.807) is 24.9 Å². The fourth-order valence-corrected chi connectivity index (χ4v) is 2.31. The highest BCUT2D eigenvalue weighted by atomic mass is 32.2. The molecule has 0 saturated heterocycles. The average Bonchev–Trinajstić information content (AvgIpc) is 2.19. The molecule has 0 bridgehead atoms. The summed E-state index contributed by atoms with van der Waals surface area (Å²) in [5, 5.41) is 7.53. The van der Waals surface area contributed by atoms with Crippen molar-refractivity contribution in [1.82, 2.24) is 0 Å². The molecule has 0 aromatic rings. The first-order valence-electron chi connectivity index (χ1n) is 4.86. The van der Waals surface area contributed by atoms with E-state index in [-0.39, 0.29) is 0 Å². The third kappa shape index (κ3) is 3.14. The van der Waals surface area contributed by atoms with Crippen LogP contribution in [-0.4, -0.2) is 24.2 Å². The van der Waals surface area contributed by atoms with Crippen molar-refractivity contribution in [1.29, 1.82) is 5.41 Å². The molecule has 0 radical (unpaired) electrons. The lowest BCUT2D eigenvalue weighted by Gasteiger charge is -2.10. The number of allylic oxidation sites excluding steroid dienone is 4. The van der Waals surface area contributed by atoms with Crippen LogP contribution in [-0.2, 0) is 0 Å². The lowest BCUT2D eigenvalue weighted by molar-refractivity contribution is 0.897. The summed E-state index contributed by atoms with van der Waals surface area (Å²) >= 11 is 1.80. The number of aliphatic imine (C=N–C) groups is 1. The van der Waals surface area contributed by atoms with Crippen molar-refractivity contribution in [2.24, 2.45) is 4.99 Å². The first-order valence-corrected chi connectivity index (χ1v) is 5.84. The Balaban J connectivity index is 2.60. The summed E-state index contributed by atoms with van der Waals surface area (Å²) in [6.45, 7) is 2.19. The number of nitrogens with zero attached hydrogens (tertiary/aromatic N) is 1. The molecule has 0 saturated carbocycles. The van der Waals surface area contributed by atoms with Gasteiger partial charge in [0.15, 0.2) is 0 Å². The molecule has 1 aliphatic rings. The summed E-state index contributed by atoms with van der Waals surface area (Å²) in [7, 11) is 1.79. The Hall–Kier alpha value is -0.830. The lowest BCUT2D eigenvalue weighted by Crippen LogP contribution is -2.05. The monoisotopic (exact) mass is 208 g/mol. The van der Waals surface area contributed by atoms with Gasteiger partial charge in [-0.15, -0.1) is 11.8 Å². The summed E-state index contributed by atoms with van der Waals surface area (Å²) in [5.74, 6) is 1.11. The molecule has 0 heterocycles. The predicted octanol–water partition coefficient (Wildman–Crippen LogP) is 3.06. The van der Waals surface area contributed by atoms with Crippen LogP contribution in [0.15, 0.2) is 28.1 Å². The van der Waals surface area contributed by atoms with E-state index < -0.39 is 0 Å². The molecular weight excluding hydrogens is 192 g/mol. The van der Waals surface area contributed by atoms with Crippen LogP contribution in [0, 0.1) is 5.41 Å². The lowest BCUT2D eigenvalue weighted by atomic mass is 10.1. The molecule has 14 heavy (non-hydrogen) atoms. The molecule has 0 atom stereocenters. The largest absolute Gasteiger partial charge is 0.301 e. The highest BCUT2D eigenvalue weighted by Crippen LogP contribution is 2.22. The average molecular weight is 208 g/mol. The van der Waals surface area contributed by atoms with Gasteiger partial charge in [-0.05, 0) is 30.4 Å². The van der Waals surface area contributed by atoms with Crippen molar-refractivity contribution in [3.63, 3.8) is 0 Å². The van der Waals surface area contributed by atoms with Crippen LogP contribution >= 0.6 is 11.8 Å². The third-order valence-corrected chi connectivity index (χ3v) is 3.09. The van der Waals surface area contributed by atoms with Gasteiger partial charge in [0.05, 0.1) is 11.4 Å². The van der Waals surface area contributed by atoms with Crippen molar-refractivity contribution < 1.29 is 0 Å². The molecule has 3 heteroatoms. The Morgan fingerprint density at radius 1 is 1.43 bits per heavy atom. The summed E-state index contributed by atoms with van der Waals surface area (Å²) in [6, 6.07) is 0. The highest BCUT2D eigenvalue weighted by Gasteiger charge is 2.08. The maximum absolute atomic E-state index is 7.53. The van der Waals surface area contributed by atoms with Gasteiger partial charge >= 0.3 is 0 Å². The van der Waals surface area contributed by atoms with Crippen LogP contribution in [0.3, 0.4) is 0 Å². The zero-order valence-corrected chi connectivity index (χ0v) is 9.53. The maximum Gasteiger partial charge on any atom is 0.0708 e. The molecular formula is C11H16N2S. The number of rotatable bonds is 4. The SMILES string of the molecule is CCCCSC1=CC(=N)C=CC1=NC. The molecule has 0 aromatic heterocycles. The number of hydrogen-bond donors (Lipinski definition) is 1. The number of nitrogens with one attached hydrogen (secondary N) is 1. The van der Waals surface area contributed by atoms with Crippen molar-refractivity contribution in [3.05, 3.63) is 23.1 Å². The minimum atomic E-state index is 0.566. The molecule has 0 unspecified atom stereocenters. The van der Waals surface area contributed by atoms with Gasteiger partial charge in [-0.1, -0.05) is 13.3 Å². The van der Waals surface area contributed by atoms with Gasteiger partial charge < -0.3 is 5.41 Å². The summed E-state index contributed by atoms with van der Waals surface area (Å²) < 4.78 is 0. The summed E-state index contributed by atoms with van der Waals surface area (Å²) in [6.07, 6.45) is 8.02. The van der Waals surface area contributed by atoms with E-state index in [1.807, 2.05) is 12.2 Å². The Morgan fingerprint density at radius 2 is 2.21 bits per heavy atom. The van der Waals surface area contributed by atoms with Crippen LogP contribution in [0.1, 0.15) is 19.8 Å². The molecule has 0 aliphatic heterocycles. The molecule has 0 fully saturated rings. The van der Waals surface area contributed by atoms with E-state index in [1.165, 1.54) is 12.8 Å². The second-order valence-electron chi connectivity index (χ2n) is 3.11. The van der Waals surface area contributed by atoms with Gasteiger partial charge in [0.2, 0.25) is 0 Å². The quantitative estimate of drug-likeness (QED) is 0.559. The fourth-order valence-electron chi connectivity index (χ4n) is 1.14. The van der Waals surface area contributed by atoms with E-state index >= 15 is 0 Å². The van der Waals surface area contributed by atoms with Gasteiger partial charge in [-0.2, -0.15) is 0 Å². The van der Waals surface area contributed by atoms with Crippen molar-refractivity contribution in [2.45, 2.75) is 19.8 Å². The number of thioether (sulfide) groups is 1. The van der Waals surface area contributed by atoms with Crippen LogP contribution < -0.4 is 0 Å². The number of hydrogen-bond acceptors (Lipinski definition) is 3. The second-order valence-corrected chi connectivity index (χ2v) is 4.24. The topological polar surface area (TPSA) is 36.2 Å². The molecule has 1 N–H and O–H groups in total. The van der Waals surface area contributed by atoms with Crippen LogP contribution in [0.2, 0.25) is 0 Å². The Labute approximate surface area is 89.7 Å². The minimum absolute atomic E-state index is 0.566. The first-order chi connectivity index (χ1) is 6.77. The van der Waals surface area contributed by atoms with E-state index in [2.05, 4.69) is 11.9 Å². The molecule has 1 aliphatic carbocycles. The zero-order chi connectivity index (χ0) is 10.4. The molecule has 0 spiro atoms. The maximum atomic E-state index is 7.53. The third-order valence-electron chi connectivity index (χ3n) is 1.96. The molecule has 1 rings (SSSR count). The predicted molar refractivity (Wildman–Crippen MR) is 65.7 cm³/mol. The second kappa shape index (κ2) is 5.81. The first kappa shape index (κ1) is 11.2. The van der Waals surface area contributed by atoms with Gasteiger partial charge in [0, 0.05) is 12.0 Å². The fraction of sp³-hybridized carbons (Fsp3) is 0.455. The van der Waals surface area contributed by atoms with Gasteiger partial charge in [0.1, 0.15) is 0 Å². The number of unbranched alkanes of at least 4 members (excludes halogenated alkanes) is 1. The summed E-state index contributed by atoms with van der Waals surface area (Å²) in [4.78, 5) is 5.32. The van der Waals surface area contributed by atoms with E-state index in [0.717, 1.165) is 16.4 Å². The zero-order valence-electron chi connectivity index (χ0n) is 8.71. The Kier molecular flexibility index (Phi) is 4.66. The van der Waals surface area contributed by atoms with Gasteiger partial charge in [0.25, 0.3) is 0 Å². The molecule has 2 nitrogen and oxygen atoms in total. The van der Waals surface area contributed by atoms with Crippen LogP contribution in [0.25, 0.3) is 0 Å². The normalized spacial score (nSPS) is 18.9. The van der Waals surface area contributed by atoms with Gasteiger partial charge in [-0.3, -0.25) is 4.99 Å². The van der Waals surface area contributed by atoms with Crippen molar-refractivity contribution in [2.75, 3.05) is 12.8 Å². The van der Waals surface area contributed by atoms with Gasteiger partial charge in [-0.25, -0.2) is 0 Å². The van der Waals surface area contributed by atoms with Crippen molar-refractivity contribution in [3.8, 4) is 0 Å². The minimum Gasteiger partial charge on any atom is -0.301 e. The molecule has 0 aromatic carbocycles. The van der Waals surface area contributed by atoms with E-state index in [0.29, 0.717) is 5.71 Å². The van der Waals surface area contributed by atoms with Crippen molar-refractivity contribution >= 4 is 23.2 Å².